The van der Waals surface area contributed by atoms with Crippen LogP contribution in [-0.2, 0) is 16.1 Å². The van der Waals surface area contributed by atoms with Crippen molar-refractivity contribution in [2.24, 2.45) is 0 Å². The minimum Gasteiger partial charge on any atom is -0.481 e. The predicted molar refractivity (Wildman–Crippen MR) is 82.8 cm³/mol. The Morgan fingerprint density at radius 1 is 1.14 bits per heavy atom. The van der Waals surface area contributed by atoms with E-state index in [-0.39, 0.29) is 18.4 Å². The van der Waals surface area contributed by atoms with Gasteiger partial charge in [-0.1, -0.05) is 37.3 Å². The van der Waals surface area contributed by atoms with Gasteiger partial charge in [0.25, 0.3) is 0 Å². The third kappa shape index (κ3) is 6.43. The number of hydrogen-bond acceptors (Lipinski definition) is 2. The highest BCUT2D eigenvalue weighted by Gasteiger charge is 2.18. The van der Waals surface area contributed by atoms with Gasteiger partial charge in [-0.25, -0.2) is 0 Å². The van der Waals surface area contributed by atoms with Crippen LogP contribution in [0, 0.1) is 0 Å². The Kier molecular flexibility index (Phi) is 7.51. The molecule has 0 fully saturated rings. The first-order valence-electron chi connectivity index (χ1n) is 7.59. The number of carbonyl (C=O) groups excluding carboxylic acids is 1. The lowest BCUT2D eigenvalue weighted by molar-refractivity contribution is -0.138. The summed E-state index contributed by atoms with van der Waals surface area (Å²) in [6.45, 7) is 4.74. The Morgan fingerprint density at radius 2 is 1.76 bits per heavy atom. The zero-order chi connectivity index (χ0) is 15.7. The minimum atomic E-state index is -0.800. The van der Waals surface area contributed by atoms with E-state index in [1.54, 1.807) is 0 Å². The molecule has 1 atom stereocenters. The van der Waals surface area contributed by atoms with Crippen LogP contribution in [0.5, 0.6) is 0 Å². The second-order valence-corrected chi connectivity index (χ2v) is 5.37. The van der Waals surface area contributed by atoms with E-state index >= 15 is 0 Å². The molecule has 1 rings (SSSR count). The third-order valence-corrected chi connectivity index (χ3v) is 3.67. The molecule has 21 heavy (non-hydrogen) atoms. The number of aliphatic carboxylic acids is 1. The first kappa shape index (κ1) is 17.2. The Hall–Kier alpha value is -1.84. The summed E-state index contributed by atoms with van der Waals surface area (Å²) in [4.78, 5) is 24.7. The molecule has 0 aliphatic carbocycles. The van der Waals surface area contributed by atoms with Crippen LogP contribution in [0.2, 0.25) is 0 Å². The van der Waals surface area contributed by atoms with Crippen molar-refractivity contribution in [2.75, 3.05) is 0 Å². The van der Waals surface area contributed by atoms with Crippen molar-refractivity contribution in [1.29, 1.82) is 0 Å². The van der Waals surface area contributed by atoms with E-state index in [9.17, 15) is 9.59 Å². The molecule has 1 aromatic rings. The number of unbranched alkanes of at least 4 members (excludes halogenated alkanes) is 1. The molecule has 0 aliphatic rings. The van der Waals surface area contributed by atoms with Crippen LogP contribution in [0.4, 0.5) is 0 Å². The van der Waals surface area contributed by atoms with Gasteiger partial charge in [0.15, 0.2) is 0 Å². The van der Waals surface area contributed by atoms with Gasteiger partial charge in [0.2, 0.25) is 5.91 Å². The molecule has 4 nitrogen and oxygen atoms in total. The number of hydrogen-bond donors (Lipinski definition) is 1. The molecule has 0 saturated heterocycles. The van der Waals surface area contributed by atoms with E-state index < -0.39 is 5.97 Å². The lowest BCUT2D eigenvalue weighted by Gasteiger charge is -2.29. The van der Waals surface area contributed by atoms with E-state index in [1.165, 1.54) is 0 Å². The van der Waals surface area contributed by atoms with E-state index in [2.05, 4.69) is 13.8 Å². The highest BCUT2D eigenvalue weighted by Crippen LogP contribution is 2.14. The second-order valence-electron chi connectivity index (χ2n) is 5.37. The van der Waals surface area contributed by atoms with E-state index in [0.717, 1.165) is 12.0 Å². The molecule has 116 valence electrons. The Balaban J connectivity index is 2.56. The summed E-state index contributed by atoms with van der Waals surface area (Å²) >= 11 is 0. The summed E-state index contributed by atoms with van der Waals surface area (Å²) in [7, 11) is 0. The van der Waals surface area contributed by atoms with Crippen molar-refractivity contribution in [1.82, 2.24) is 4.90 Å². The van der Waals surface area contributed by atoms with Crippen LogP contribution in [0.15, 0.2) is 30.3 Å². The van der Waals surface area contributed by atoms with Gasteiger partial charge in [-0.05, 0) is 31.7 Å². The number of rotatable bonds is 9. The molecule has 1 amide bonds. The van der Waals surface area contributed by atoms with Crippen LogP contribution in [0.25, 0.3) is 0 Å². The largest absolute Gasteiger partial charge is 0.481 e. The summed E-state index contributed by atoms with van der Waals surface area (Å²) in [5.74, 6) is -0.691. The summed E-state index contributed by atoms with van der Waals surface area (Å²) in [6, 6.07) is 10.1. The molecule has 0 saturated carbocycles. The fourth-order valence-electron chi connectivity index (χ4n) is 2.19. The average molecular weight is 291 g/mol. The van der Waals surface area contributed by atoms with Crippen LogP contribution in [0.1, 0.15) is 51.5 Å². The van der Waals surface area contributed by atoms with Crippen LogP contribution in [0.3, 0.4) is 0 Å². The molecule has 0 bridgehead atoms. The lowest BCUT2D eigenvalue weighted by Crippen LogP contribution is -2.37. The van der Waals surface area contributed by atoms with Gasteiger partial charge in [-0.2, -0.15) is 0 Å². The van der Waals surface area contributed by atoms with Crippen molar-refractivity contribution in [3.05, 3.63) is 35.9 Å². The molecular weight excluding hydrogens is 266 g/mol. The maximum atomic E-state index is 12.4. The van der Waals surface area contributed by atoms with Crippen molar-refractivity contribution >= 4 is 11.9 Å². The lowest BCUT2D eigenvalue weighted by atomic mass is 10.1. The second kappa shape index (κ2) is 9.16. The normalized spacial score (nSPS) is 11.9. The van der Waals surface area contributed by atoms with Crippen LogP contribution < -0.4 is 0 Å². The van der Waals surface area contributed by atoms with Crippen molar-refractivity contribution in [2.45, 2.75) is 58.5 Å². The first-order valence-corrected chi connectivity index (χ1v) is 7.59. The SMILES string of the molecule is CCC(C)N(Cc1ccccc1)C(=O)CCCCC(=O)O. The average Bonchev–Trinajstić information content (AvgIpc) is 2.49. The number of benzene rings is 1. The molecule has 1 aromatic carbocycles. The number of nitrogens with zero attached hydrogens (tertiary/aromatic N) is 1. The minimum absolute atomic E-state index is 0.110. The monoisotopic (exact) mass is 291 g/mol. The summed E-state index contributed by atoms with van der Waals surface area (Å²) in [5, 5.41) is 8.61. The van der Waals surface area contributed by atoms with E-state index in [1.807, 2.05) is 35.2 Å². The van der Waals surface area contributed by atoms with Gasteiger partial charge < -0.3 is 10.0 Å². The van der Waals surface area contributed by atoms with Gasteiger partial charge in [0.05, 0.1) is 0 Å². The fourth-order valence-corrected chi connectivity index (χ4v) is 2.19. The van der Waals surface area contributed by atoms with Gasteiger partial charge in [0, 0.05) is 25.4 Å². The Bertz CT molecular complexity index is 445. The number of carbonyl (C=O) groups is 2. The van der Waals surface area contributed by atoms with Crippen molar-refractivity contribution in [3.8, 4) is 0 Å². The third-order valence-electron chi connectivity index (χ3n) is 3.67. The molecule has 0 aliphatic heterocycles. The summed E-state index contributed by atoms with van der Waals surface area (Å²) in [6.07, 6.45) is 2.65. The maximum Gasteiger partial charge on any atom is 0.303 e. The highest BCUT2D eigenvalue weighted by molar-refractivity contribution is 5.76. The van der Waals surface area contributed by atoms with Gasteiger partial charge >= 0.3 is 5.97 Å². The first-order chi connectivity index (χ1) is 10.0. The fraction of sp³-hybridized carbons (Fsp3) is 0.529. The standard InChI is InChI=1S/C17H25NO3/c1-3-14(2)18(13-15-9-5-4-6-10-15)16(19)11-7-8-12-17(20)21/h4-6,9-10,14H,3,7-8,11-13H2,1-2H3,(H,20,21). The summed E-state index contributed by atoms with van der Waals surface area (Å²) < 4.78 is 0. The quantitative estimate of drug-likeness (QED) is 0.709. The highest BCUT2D eigenvalue weighted by atomic mass is 16.4. The van der Waals surface area contributed by atoms with Gasteiger partial charge in [-0.15, -0.1) is 0 Å². The topological polar surface area (TPSA) is 57.6 Å². The number of carboxylic acids is 1. The molecule has 1 N–H and O–H groups in total. The maximum absolute atomic E-state index is 12.4. The predicted octanol–water partition coefficient (Wildman–Crippen LogP) is 3.46. The van der Waals surface area contributed by atoms with Crippen LogP contribution >= 0.6 is 0 Å². The van der Waals surface area contributed by atoms with E-state index in [0.29, 0.717) is 25.8 Å². The van der Waals surface area contributed by atoms with Crippen molar-refractivity contribution < 1.29 is 14.7 Å². The van der Waals surface area contributed by atoms with Crippen LogP contribution in [-0.4, -0.2) is 27.9 Å². The molecule has 0 radical (unpaired) electrons. The molecule has 0 aromatic heterocycles. The molecule has 0 spiro atoms. The van der Waals surface area contributed by atoms with Gasteiger partial charge in [-0.3, -0.25) is 9.59 Å². The summed E-state index contributed by atoms with van der Waals surface area (Å²) in [5.41, 5.74) is 1.12. The Labute approximate surface area is 126 Å². The Morgan fingerprint density at radius 3 is 2.33 bits per heavy atom. The molecule has 0 heterocycles. The van der Waals surface area contributed by atoms with Crippen molar-refractivity contribution in [3.63, 3.8) is 0 Å². The number of amides is 1. The molecule has 4 heteroatoms. The smallest absolute Gasteiger partial charge is 0.303 e. The van der Waals surface area contributed by atoms with E-state index in [4.69, 9.17) is 5.11 Å². The molecule has 1 unspecified atom stereocenters. The number of carboxylic acid groups (broad SMARTS) is 1. The zero-order valence-corrected chi connectivity index (χ0v) is 12.9. The van der Waals surface area contributed by atoms with Gasteiger partial charge in [0.1, 0.15) is 0 Å². The molecular formula is C17H25NO3. The zero-order valence-electron chi connectivity index (χ0n) is 12.9.